The van der Waals surface area contributed by atoms with Gasteiger partial charge in [0.2, 0.25) is 6.10 Å². The van der Waals surface area contributed by atoms with Crippen LogP contribution >= 0.6 is 22.9 Å². The molecule has 0 saturated heterocycles. The van der Waals surface area contributed by atoms with E-state index in [4.69, 9.17) is 22.2 Å². The van der Waals surface area contributed by atoms with Crippen LogP contribution in [0.4, 0.5) is 23.2 Å². The minimum atomic E-state index is -4.79. The molecule has 3 N–H and O–H groups in total. The smallest absolute Gasteiger partial charge is 0.382 e. The highest BCUT2D eigenvalue weighted by Gasteiger charge is 2.37. The largest absolute Gasteiger partial charge is 0.433 e. The second kappa shape index (κ2) is 10.2. The van der Waals surface area contributed by atoms with Gasteiger partial charge in [-0.3, -0.25) is 14.3 Å². The molecule has 2 amide bonds. The van der Waals surface area contributed by atoms with Gasteiger partial charge in [0.25, 0.3) is 11.8 Å². The molecule has 4 aromatic rings. The molecule has 40 heavy (non-hydrogen) atoms. The molecular formula is C25H19ClF4N6O3S. The third kappa shape index (κ3) is 4.77. The number of nitrogens with two attached hydrogens (primary N) is 1. The number of rotatable bonds is 6. The molecule has 0 radical (unpaired) electrons. The van der Waals surface area contributed by atoms with Crippen LogP contribution in [0.15, 0.2) is 35.6 Å². The van der Waals surface area contributed by atoms with E-state index in [1.165, 1.54) is 24.4 Å². The number of hydrogen-bond acceptors (Lipinski definition) is 7. The molecule has 1 unspecified atom stereocenters. The van der Waals surface area contributed by atoms with E-state index >= 15 is 0 Å². The molecule has 0 bridgehead atoms. The highest BCUT2D eigenvalue weighted by molar-refractivity contribution is 7.21. The fourth-order valence-corrected chi connectivity index (χ4v) is 5.70. The Bertz CT molecular complexity index is 1690. The highest BCUT2D eigenvalue weighted by atomic mass is 35.5. The molecule has 5 rings (SSSR count). The van der Waals surface area contributed by atoms with E-state index in [1.54, 1.807) is 11.6 Å². The summed E-state index contributed by atoms with van der Waals surface area (Å²) < 4.78 is 57.3. The van der Waals surface area contributed by atoms with Gasteiger partial charge in [-0.1, -0.05) is 22.8 Å². The lowest BCUT2D eigenvalue weighted by Crippen LogP contribution is -2.29. The Hall–Kier alpha value is -4.04. The lowest BCUT2D eigenvalue weighted by atomic mass is 10.0. The molecule has 1 aliphatic heterocycles. The second-order valence-electron chi connectivity index (χ2n) is 8.78. The third-order valence-corrected chi connectivity index (χ3v) is 7.74. The van der Waals surface area contributed by atoms with Gasteiger partial charge >= 0.3 is 6.18 Å². The van der Waals surface area contributed by atoms with Crippen LogP contribution in [-0.2, 0) is 22.4 Å². The second-order valence-corrected chi connectivity index (χ2v) is 10.2. The lowest BCUT2D eigenvalue weighted by Gasteiger charge is -2.13. The molecule has 208 valence electrons. The zero-order valence-electron chi connectivity index (χ0n) is 20.8. The maximum atomic E-state index is 14.4. The van der Waals surface area contributed by atoms with Crippen molar-refractivity contribution in [1.29, 1.82) is 0 Å². The van der Waals surface area contributed by atoms with Gasteiger partial charge in [-0.05, 0) is 37.6 Å². The number of thiophene rings is 1. The van der Waals surface area contributed by atoms with E-state index in [9.17, 15) is 27.2 Å². The number of amides is 2. The van der Waals surface area contributed by atoms with E-state index in [1.807, 2.05) is 6.92 Å². The Kier molecular flexibility index (Phi) is 7.00. The Morgan fingerprint density at radius 2 is 2.05 bits per heavy atom. The van der Waals surface area contributed by atoms with E-state index in [-0.39, 0.29) is 49.1 Å². The van der Waals surface area contributed by atoms with Crippen molar-refractivity contribution in [2.75, 3.05) is 5.32 Å². The number of nitrogens with zero attached hydrogens (tertiary/aromatic N) is 4. The van der Waals surface area contributed by atoms with E-state index in [2.05, 4.69) is 20.6 Å². The number of anilines is 1. The van der Waals surface area contributed by atoms with E-state index in [0.29, 0.717) is 29.1 Å². The SMILES string of the molecule is CCn1ncc(-c2cc(C(F)(F)F)nc3sc(C(N)=O)c(NC(=O)C4CC(c5c(F)cccc5Cl)=NO4)c23)c1C. The predicted molar refractivity (Wildman–Crippen MR) is 141 cm³/mol. The number of aromatic nitrogens is 3. The summed E-state index contributed by atoms with van der Waals surface area (Å²) in [5.74, 6) is -2.43. The number of nitrogens with one attached hydrogen (secondary N) is 1. The lowest BCUT2D eigenvalue weighted by molar-refractivity contribution is -0.140. The summed E-state index contributed by atoms with van der Waals surface area (Å²) in [5, 5.41) is 10.7. The third-order valence-electron chi connectivity index (χ3n) is 6.33. The number of aryl methyl sites for hydroxylation is 1. The van der Waals surface area contributed by atoms with Crippen LogP contribution in [0.1, 0.15) is 40.0 Å². The summed E-state index contributed by atoms with van der Waals surface area (Å²) in [6.45, 7) is 3.96. The molecule has 0 spiro atoms. The Morgan fingerprint density at radius 3 is 2.67 bits per heavy atom. The summed E-state index contributed by atoms with van der Waals surface area (Å²) in [6.07, 6.45) is -4.81. The van der Waals surface area contributed by atoms with Crippen LogP contribution in [0.5, 0.6) is 0 Å². The van der Waals surface area contributed by atoms with Crippen LogP contribution in [0.2, 0.25) is 5.02 Å². The minimum Gasteiger partial charge on any atom is -0.382 e. The van der Waals surface area contributed by atoms with E-state index < -0.39 is 35.6 Å². The molecule has 1 atom stereocenters. The maximum absolute atomic E-state index is 14.4. The number of primary amides is 1. The van der Waals surface area contributed by atoms with E-state index in [0.717, 1.165) is 6.07 Å². The number of pyridine rings is 1. The Labute approximate surface area is 232 Å². The zero-order chi connectivity index (χ0) is 28.9. The molecule has 15 heteroatoms. The van der Waals surface area contributed by atoms with Gasteiger partial charge in [-0.25, -0.2) is 9.37 Å². The van der Waals surface area contributed by atoms with Gasteiger partial charge in [-0.2, -0.15) is 18.3 Å². The van der Waals surface area contributed by atoms with Gasteiger partial charge in [0.15, 0.2) is 0 Å². The number of oxime groups is 1. The molecule has 0 fully saturated rings. The first-order chi connectivity index (χ1) is 18.9. The number of alkyl halides is 3. The summed E-state index contributed by atoms with van der Waals surface area (Å²) in [5.41, 5.74) is 5.27. The number of hydrogen-bond donors (Lipinski definition) is 2. The van der Waals surface area contributed by atoms with Crippen molar-refractivity contribution < 1.29 is 32.0 Å². The van der Waals surface area contributed by atoms with Crippen LogP contribution in [0, 0.1) is 12.7 Å². The van der Waals surface area contributed by atoms with Gasteiger partial charge in [0.1, 0.15) is 21.2 Å². The number of carbonyl (C=O) groups is 2. The van der Waals surface area contributed by atoms with Crippen LogP contribution in [0.25, 0.3) is 21.3 Å². The van der Waals surface area contributed by atoms with Gasteiger partial charge in [0, 0.05) is 29.6 Å². The first-order valence-corrected chi connectivity index (χ1v) is 12.9. The van der Waals surface area contributed by atoms with Crippen molar-refractivity contribution in [1.82, 2.24) is 14.8 Å². The van der Waals surface area contributed by atoms with Gasteiger partial charge in [0.05, 0.1) is 28.2 Å². The van der Waals surface area contributed by atoms with Gasteiger partial charge < -0.3 is 15.9 Å². The fraction of sp³-hybridized carbons (Fsp3) is 0.240. The Balaban J connectivity index is 1.59. The maximum Gasteiger partial charge on any atom is 0.433 e. The topological polar surface area (TPSA) is 124 Å². The number of halogens is 5. The average molecular weight is 595 g/mol. The summed E-state index contributed by atoms with van der Waals surface area (Å²) in [7, 11) is 0. The molecule has 4 heterocycles. The number of fused-ring (bicyclic) bond motifs is 1. The molecule has 1 aromatic carbocycles. The summed E-state index contributed by atoms with van der Waals surface area (Å²) in [6, 6.07) is 4.89. The molecule has 9 nitrogen and oxygen atoms in total. The van der Waals surface area contributed by atoms with Crippen molar-refractivity contribution in [3.63, 3.8) is 0 Å². The average Bonchev–Trinajstić information content (AvgIpc) is 3.60. The van der Waals surface area contributed by atoms with Gasteiger partial charge in [-0.15, -0.1) is 11.3 Å². The highest BCUT2D eigenvalue weighted by Crippen LogP contribution is 2.44. The number of benzene rings is 1. The van der Waals surface area contributed by atoms with Crippen LogP contribution < -0.4 is 11.1 Å². The standard InChI is InChI=1S/C25H19ClF4N6O3S/c1-3-36-10(2)12(9-32-36)11-7-17(25(28,29)30)33-24-18(11)20(21(40-24)22(31)37)34-23(38)16-8-15(35-39-16)19-13(26)5-4-6-14(19)27/h4-7,9,16H,3,8H2,1-2H3,(H2,31,37)(H,34,38). The summed E-state index contributed by atoms with van der Waals surface area (Å²) >= 11 is 6.71. The number of carbonyl (C=O) groups excluding carboxylic acids is 2. The van der Waals surface area contributed by atoms with Crippen molar-refractivity contribution in [2.24, 2.45) is 10.9 Å². The molecule has 0 aliphatic carbocycles. The van der Waals surface area contributed by atoms with Crippen molar-refractivity contribution in [3.05, 3.63) is 63.1 Å². The van der Waals surface area contributed by atoms with Crippen molar-refractivity contribution in [3.8, 4) is 11.1 Å². The summed E-state index contributed by atoms with van der Waals surface area (Å²) in [4.78, 5) is 34.2. The Morgan fingerprint density at radius 1 is 1.30 bits per heavy atom. The van der Waals surface area contributed by atoms with Crippen LogP contribution in [0.3, 0.4) is 0 Å². The molecule has 3 aromatic heterocycles. The zero-order valence-corrected chi connectivity index (χ0v) is 22.3. The molecule has 1 aliphatic rings. The quantitative estimate of drug-likeness (QED) is 0.284. The molecular weight excluding hydrogens is 576 g/mol. The van der Waals surface area contributed by atoms with Crippen LogP contribution in [-0.4, -0.2) is 38.4 Å². The van der Waals surface area contributed by atoms with Crippen molar-refractivity contribution in [2.45, 2.75) is 39.1 Å². The van der Waals surface area contributed by atoms with Crippen molar-refractivity contribution >= 4 is 56.4 Å². The fourth-order valence-electron chi connectivity index (χ4n) is 4.42. The first-order valence-electron chi connectivity index (χ1n) is 11.8. The minimum absolute atomic E-state index is 0.0205. The first kappa shape index (κ1) is 27.5. The molecule has 0 saturated carbocycles. The monoisotopic (exact) mass is 594 g/mol. The normalized spacial score (nSPS) is 15.3. The predicted octanol–water partition coefficient (Wildman–Crippen LogP) is 5.53.